The molecule has 0 radical (unpaired) electrons. The molecule has 12 heteroatoms. The van der Waals surface area contributed by atoms with Gasteiger partial charge >= 0.3 is 0 Å². The molecule has 0 aromatic heterocycles. The number of phenolic OH excluding ortho intramolecular Hbond substituents is 2. The van der Waals surface area contributed by atoms with Crippen molar-refractivity contribution < 1.29 is 19.8 Å². The number of aryl methyl sites for hydroxylation is 2. The summed E-state index contributed by atoms with van der Waals surface area (Å²) in [6.45, 7) is 4.03. The smallest absolute Gasteiger partial charge is 0.259 e. The molecule has 0 spiro atoms. The first-order valence-corrected chi connectivity index (χ1v) is 20.6. The number of carbonyl (C=O) groups is 2. The standard InChI is InChI=1S/C50H38Cl2N6O4/c1-3-29-21-35(51)27-39(23-29)55-57-45-41-11-7-5-9-33(41)25-43(47(45)59)49(61)53-37-17-13-31(14-18-37)32-15-19-38(20-16-32)54-50(62)44-26-34-10-6-8-12-42(34)46(48(44)60)58-56-40-24-30(4-2)22-36(52)28-40/h5-28,59-60H,3-4H2,1-2H3,(H,53,61)(H,54,62). The molecule has 0 atom stereocenters. The van der Waals surface area contributed by atoms with Crippen molar-refractivity contribution in [3.63, 3.8) is 0 Å². The lowest BCUT2D eigenvalue weighted by Gasteiger charge is -2.12. The minimum atomic E-state index is -0.520. The van der Waals surface area contributed by atoms with Crippen LogP contribution >= 0.6 is 23.2 Å². The zero-order chi connectivity index (χ0) is 43.3. The lowest BCUT2D eigenvalue weighted by atomic mass is 10.0. The highest BCUT2D eigenvalue weighted by atomic mass is 35.5. The number of rotatable bonds is 11. The highest BCUT2D eigenvalue weighted by molar-refractivity contribution is 6.31. The molecule has 0 aliphatic carbocycles. The highest BCUT2D eigenvalue weighted by Gasteiger charge is 2.21. The first-order chi connectivity index (χ1) is 30.1. The SMILES string of the molecule is CCc1cc(Cl)cc(N=Nc2c(O)c(C(=O)Nc3ccc(-c4ccc(NC(=O)c5cc6ccccc6c(N=Nc6cc(Cl)cc(CC)c6)c5O)cc4)cc3)cc3ccccc23)c1. The monoisotopic (exact) mass is 856 g/mol. The molecule has 8 aromatic rings. The Labute approximate surface area is 367 Å². The third-order valence-electron chi connectivity index (χ3n) is 10.3. The normalized spacial score (nSPS) is 11.5. The van der Waals surface area contributed by atoms with E-state index < -0.39 is 11.8 Å². The van der Waals surface area contributed by atoms with Crippen molar-refractivity contribution in [3.05, 3.63) is 178 Å². The van der Waals surface area contributed by atoms with Crippen molar-refractivity contribution >= 4 is 90.7 Å². The van der Waals surface area contributed by atoms with Crippen LogP contribution in [0.5, 0.6) is 11.5 Å². The molecular formula is C50H38Cl2N6O4. The number of anilines is 2. The molecular weight excluding hydrogens is 819 g/mol. The Bertz CT molecular complexity index is 2870. The van der Waals surface area contributed by atoms with E-state index in [4.69, 9.17) is 23.2 Å². The van der Waals surface area contributed by atoms with Gasteiger partial charge in [0.05, 0.1) is 22.5 Å². The number of aromatic hydroxyl groups is 2. The second-order valence-corrected chi connectivity index (χ2v) is 15.4. The Hall–Kier alpha value is -7.40. The van der Waals surface area contributed by atoms with Gasteiger partial charge in [0.25, 0.3) is 11.8 Å². The van der Waals surface area contributed by atoms with Crippen LogP contribution in [0.25, 0.3) is 32.7 Å². The van der Waals surface area contributed by atoms with Gasteiger partial charge in [-0.15, -0.1) is 10.2 Å². The molecule has 0 saturated heterocycles. The average Bonchev–Trinajstić information content (AvgIpc) is 3.28. The molecule has 4 N–H and O–H groups in total. The van der Waals surface area contributed by atoms with Gasteiger partial charge in [-0.25, -0.2) is 0 Å². The fourth-order valence-electron chi connectivity index (χ4n) is 7.08. The number of amides is 2. The van der Waals surface area contributed by atoms with Crippen LogP contribution < -0.4 is 10.6 Å². The third-order valence-corrected chi connectivity index (χ3v) is 10.8. The maximum absolute atomic E-state index is 13.6. The molecule has 2 amide bonds. The van der Waals surface area contributed by atoms with Crippen LogP contribution in [0.3, 0.4) is 0 Å². The largest absolute Gasteiger partial charge is 0.505 e. The maximum Gasteiger partial charge on any atom is 0.259 e. The third kappa shape index (κ3) is 9.02. The average molecular weight is 858 g/mol. The number of phenols is 2. The van der Waals surface area contributed by atoms with Gasteiger partial charge in [0, 0.05) is 32.2 Å². The molecule has 62 heavy (non-hydrogen) atoms. The number of nitrogens with zero attached hydrogens (tertiary/aromatic N) is 4. The van der Waals surface area contributed by atoms with E-state index >= 15 is 0 Å². The van der Waals surface area contributed by atoms with Crippen molar-refractivity contribution in [1.82, 2.24) is 0 Å². The zero-order valence-corrected chi connectivity index (χ0v) is 35.0. The summed E-state index contributed by atoms with van der Waals surface area (Å²) in [7, 11) is 0. The highest BCUT2D eigenvalue weighted by Crippen LogP contribution is 2.42. The van der Waals surface area contributed by atoms with Crippen molar-refractivity contribution in [2.75, 3.05) is 10.6 Å². The van der Waals surface area contributed by atoms with Crippen LogP contribution in [0.15, 0.2) is 166 Å². The van der Waals surface area contributed by atoms with Crippen molar-refractivity contribution in [2.24, 2.45) is 20.5 Å². The van der Waals surface area contributed by atoms with Gasteiger partial charge in [0.15, 0.2) is 11.5 Å². The van der Waals surface area contributed by atoms with E-state index in [9.17, 15) is 19.8 Å². The molecule has 8 rings (SSSR count). The second kappa shape index (κ2) is 18.1. The van der Waals surface area contributed by atoms with Crippen molar-refractivity contribution in [1.29, 1.82) is 0 Å². The van der Waals surface area contributed by atoms with Crippen LogP contribution in [0.2, 0.25) is 10.0 Å². The van der Waals surface area contributed by atoms with Gasteiger partial charge in [0.2, 0.25) is 0 Å². The number of azo groups is 2. The van der Waals surface area contributed by atoms with Crippen LogP contribution in [0, 0.1) is 0 Å². The topological polar surface area (TPSA) is 148 Å². The molecule has 0 aliphatic heterocycles. The van der Waals surface area contributed by atoms with Gasteiger partial charge < -0.3 is 20.8 Å². The predicted molar refractivity (Wildman–Crippen MR) is 249 cm³/mol. The quantitative estimate of drug-likeness (QED) is 0.0958. The lowest BCUT2D eigenvalue weighted by Crippen LogP contribution is -2.12. The Balaban J connectivity index is 0.975. The summed E-state index contributed by atoms with van der Waals surface area (Å²) in [5, 5.41) is 49.7. The number of fused-ring (bicyclic) bond motifs is 2. The maximum atomic E-state index is 13.6. The first-order valence-electron chi connectivity index (χ1n) is 19.8. The van der Waals surface area contributed by atoms with Crippen LogP contribution in [-0.4, -0.2) is 22.0 Å². The zero-order valence-electron chi connectivity index (χ0n) is 33.5. The molecule has 0 heterocycles. The van der Waals surface area contributed by atoms with Crippen molar-refractivity contribution in [3.8, 4) is 22.6 Å². The summed E-state index contributed by atoms with van der Waals surface area (Å²) in [4.78, 5) is 27.2. The Kier molecular flexibility index (Phi) is 12.0. The molecule has 8 aromatic carbocycles. The van der Waals surface area contributed by atoms with Crippen molar-refractivity contribution in [2.45, 2.75) is 26.7 Å². The summed E-state index contributed by atoms with van der Waals surface area (Å²) in [6.07, 6.45) is 1.54. The number of halogens is 2. The fourth-order valence-corrected chi connectivity index (χ4v) is 7.58. The Morgan fingerprint density at radius 1 is 0.500 bits per heavy atom. The van der Waals surface area contributed by atoms with E-state index in [0.717, 1.165) is 35.1 Å². The van der Waals surface area contributed by atoms with Gasteiger partial charge in [-0.1, -0.05) is 110 Å². The van der Waals surface area contributed by atoms with E-state index in [2.05, 4.69) is 31.1 Å². The molecule has 10 nitrogen and oxygen atoms in total. The van der Waals surface area contributed by atoms with Crippen LogP contribution in [0.4, 0.5) is 34.1 Å². The second-order valence-electron chi connectivity index (χ2n) is 14.5. The Morgan fingerprint density at radius 2 is 0.887 bits per heavy atom. The van der Waals surface area contributed by atoms with Gasteiger partial charge in [-0.2, -0.15) is 10.2 Å². The molecule has 0 fully saturated rings. The predicted octanol–water partition coefficient (Wildman–Crippen LogP) is 14.8. The number of hydrogen-bond acceptors (Lipinski definition) is 8. The summed E-state index contributed by atoms with van der Waals surface area (Å²) in [5.74, 6) is -1.64. The number of carbonyl (C=O) groups excluding carboxylic acids is 2. The molecule has 306 valence electrons. The van der Waals surface area contributed by atoms with Gasteiger partial charge in [-0.05, 0) is 119 Å². The van der Waals surface area contributed by atoms with E-state index in [1.54, 1.807) is 48.5 Å². The number of nitrogens with one attached hydrogen (secondary N) is 2. The minimum Gasteiger partial charge on any atom is -0.505 e. The molecule has 0 aliphatic rings. The van der Waals surface area contributed by atoms with Gasteiger partial charge in [0.1, 0.15) is 11.4 Å². The Morgan fingerprint density at radius 3 is 1.27 bits per heavy atom. The van der Waals surface area contributed by atoms with E-state index in [1.165, 1.54) is 0 Å². The number of hydrogen-bond donors (Lipinski definition) is 4. The first kappa shape index (κ1) is 41.3. The molecule has 0 bridgehead atoms. The summed E-state index contributed by atoms with van der Waals surface area (Å²) in [6, 6.07) is 43.2. The van der Waals surface area contributed by atoms with Crippen LogP contribution in [-0.2, 0) is 12.8 Å². The summed E-state index contributed by atoms with van der Waals surface area (Å²) in [5.41, 5.74) is 6.21. The lowest BCUT2D eigenvalue weighted by molar-refractivity contribution is 0.101. The van der Waals surface area contributed by atoms with E-state index in [-0.39, 0.29) is 34.0 Å². The minimum absolute atomic E-state index is 0.0420. The fraction of sp³-hybridized carbons (Fsp3) is 0.0800. The van der Waals surface area contributed by atoms with E-state index in [1.807, 2.05) is 111 Å². The van der Waals surface area contributed by atoms with E-state index in [0.29, 0.717) is 54.3 Å². The molecule has 0 unspecified atom stereocenters. The molecule has 0 saturated carbocycles. The van der Waals surface area contributed by atoms with Gasteiger partial charge in [-0.3, -0.25) is 9.59 Å². The van der Waals surface area contributed by atoms with Crippen LogP contribution in [0.1, 0.15) is 45.7 Å². The summed E-state index contributed by atoms with van der Waals surface area (Å²) < 4.78 is 0. The number of benzene rings is 8. The summed E-state index contributed by atoms with van der Waals surface area (Å²) >= 11 is 12.6.